The van der Waals surface area contributed by atoms with E-state index < -0.39 is 16.9 Å². The van der Waals surface area contributed by atoms with Gasteiger partial charge >= 0.3 is 6.09 Å². The molecule has 1 fully saturated rings. The molecule has 2 N–H and O–H groups in total. The Morgan fingerprint density at radius 2 is 1.96 bits per heavy atom. The molecule has 1 atom stereocenters. The van der Waals surface area contributed by atoms with Crippen molar-refractivity contribution in [2.75, 3.05) is 22.7 Å². The van der Waals surface area contributed by atoms with E-state index in [0.717, 1.165) is 11.3 Å². The zero-order valence-corrected chi connectivity index (χ0v) is 17.3. The van der Waals surface area contributed by atoms with Gasteiger partial charge in [-0.05, 0) is 63.8 Å². The number of fused-ring (bicyclic) bond motifs is 1. The predicted octanol–water partition coefficient (Wildman–Crippen LogP) is 2.91. The third kappa shape index (κ3) is 4.82. The van der Waals surface area contributed by atoms with Crippen LogP contribution in [-0.2, 0) is 27.2 Å². The van der Waals surface area contributed by atoms with Gasteiger partial charge in [0.15, 0.2) is 0 Å². The lowest BCUT2D eigenvalue weighted by Crippen LogP contribution is -2.48. The molecule has 0 spiro atoms. The summed E-state index contributed by atoms with van der Waals surface area (Å²) in [6.45, 7) is 6.41. The summed E-state index contributed by atoms with van der Waals surface area (Å²) in [5, 5.41) is 2.82. The highest BCUT2D eigenvalue weighted by Crippen LogP contribution is 2.31. The molecular formula is C19H27N3O5S. The maximum atomic E-state index is 12.2. The lowest BCUT2D eigenvalue weighted by molar-refractivity contribution is -0.116. The van der Waals surface area contributed by atoms with Gasteiger partial charge in [-0.15, -0.1) is 0 Å². The molecule has 0 radical (unpaired) electrons. The van der Waals surface area contributed by atoms with Crippen molar-refractivity contribution in [2.24, 2.45) is 0 Å². The van der Waals surface area contributed by atoms with Gasteiger partial charge in [0.2, 0.25) is 5.91 Å². The van der Waals surface area contributed by atoms with E-state index in [1.165, 1.54) is 4.31 Å². The van der Waals surface area contributed by atoms with Crippen molar-refractivity contribution in [3.8, 4) is 0 Å². The maximum Gasteiger partial charge on any atom is 0.410 e. The summed E-state index contributed by atoms with van der Waals surface area (Å²) < 4.78 is 28.9. The number of benzene rings is 1. The number of anilines is 2. The van der Waals surface area contributed by atoms with Gasteiger partial charge in [0.1, 0.15) is 5.60 Å². The molecule has 1 saturated heterocycles. The van der Waals surface area contributed by atoms with Crippen LogP contribution in [0.1, 0.15) is 45.6 Å². The van der Waals surface area contributed by atoms with Crippen LogP contribution in [0, 0.1) is 0 Å². The van der Waals surface area contributed by atoms with Gasteiger partial charge in [-0.2, -0.15) is 0 Å². The highest BCUT2D eigenvalue weighted by molar-refractivity contribution is 7.80. The number of carbonyl (C=O) groups excluding carboxylic acids is 2. The zero-order valence-electron chi connectivity index (χ0n) is 16.4. The normalized spacial score (nSPS) is 18.9. The Labute approximate surface area is 167 Å². The Balaban J connectivity index is 1.70. The summed E-state index contributed by atoms with van der Waals surface area (Å²) in [5.74, 6) is -0.0163. The van der Waals surface area contributed by atoms with Crippen LogP contribution in [0.5, 0.6) is 0 Å². The van der Waals surface area contributed by atoms with Gasteiger partial charge in [-0.1, -0.05) is 0 Å². The summed E-state index contributed by atoms with van der Waals surface area (Å²) in [6.07, 6.45) is 1.80. The second-order valence-electron chi connectivity index (χ2n) is 8.14. The minimum atomic E-state index is -2.19. The monoisotopic (exact) mass is 409 g/mol. The van der Waals surface area contributed by atoms with Gasteiger partial charge in [0.25, 0.3) is 11.3 Å². The fraction of sp³-hybridized carbons (Fsp3) is 0.579. The van der Waals surface area contributed by atoms with Gasteiger partial charge in [0, 0.05) is 31.2 Å². The molecular weight excluding hydrogens is 382 g/mol. The molecule has 2 aliphatic heterocycles. The molecule has 28 heavy (non-hydrogen) atoms. The van der Waals surface area contributed by atoms with Gasteiger partial charge in [-0.3, -0.25) is 13.7 Å². The fourth-order valence-corrected chi connectivity index (χ4v) is 4.30. The lowest BCUT2D eigenvalue weighted by Gasteiger charge is -2.38. The molecule has 1 aromatic carbocycles. The number of likely N-dealkylation sites (tertiary alicyclic amines) is 1. The molecule has 8 nitrogen and oxygen atoms in total. The standard InChI is InChI=1S/C19H27N3O5S/c1-19(2,3)27-18(24)21-10-8-14(9-11-21)22(28(25)26)15-5-6-16-13(12-15)4-7-17(23)20-16/h5-6,12,14H,4,7-11H2,1-3H3,(H,20,23)(H,25,26). The average molecular weight is 410 g/mol. The largest absolute Gasteiger partial charge is 0.444 e. The molecule has 0 aliphatic carbocycles. The van der Waals surface area contributed by atoms with Crippen molar-refractivity contribution in [1.29, 1.82) is 0 Å². The van der Waals surface area contributed by atoms with Crippen molar-refractivity contribution >= 4 is 34.6 Å². The molecule has 1 aromatic rings. The van der Waals surface area contributed by atoms with Crippen LogP contribution < -0.4 is 9.62 Å². The van der Waals surface area contributed by atoms with Crippen molar-refractivity contribution in [3.63, 3.8) is 0 Å². The molecule has 2 aliphatic rings. The molecule has 0 aromatic heterocycles. The number of nitrogens with zero attached hydrogens (tertiary/aromatic N) is 2. The maximum absolute atomic E-state index is 12.2. The Morgan fingerprint density at radius 1 is 1.29 bits per heavy atom. The van der Waals surface area contributed by atoms with E-state index in [2.05, 4.69) is 5.32 Å². The van der Waals surface area contributed by atoms with Crippen molar-refractivity contribution < 1.29 is 23.1 Å². The van der Waals surface area contributed by atoms with Crippen LogP contribution in [-0.4, -0.2) is 50.4 Å². The predicted molar refractivity (Wildman–Crippen MR) is 107 cm³/mol. The highest BCUT2D eigenvalue weighted by atomic mass is 32.2. The molecule has 154 valence electrons. The second kappa shape index (κ2) is 8.08. The number of rotatable bonds is 3. The first-order chi connectivity index (χ1) is 13.1. The Morgan fingerprint density at radius 3 is 2.57 bits per heavy atom. The number of carbonyl (C=O) groups is 2. The van der Waals surface area contributed by atoms with Crippen LogP contribution in [0.4, 0.5) is 16.2 Å². The van der Waals surface area contributed by atoms with Gasteiger partial charge < -0.3 is 15.0 Å². The van der Waals surface area contributed by atoms with Crippen LogP contribution in [0.3, 0.4) is 0 Å². The summed E-state index contributed by atoms with van der Waals surface area (Å²) >= 11 is -2.19. The van der Waals surface area contributed by atoms with Crippen LogP contribution in [0.15, 0.2) is 18.2 Å². The average Bonchev–Trinajstić information content (AvgIpc) is 2.61. The first-order valence-corrected chi connectivity index (χ1v) is 10.5. The number of ether oxygens (including phenoxy) is 1. The molecule has 1 unspecified atom stereocenters. The zero-order chi connectivity index (χ0) is 20.5. The van der Waals surface area contributed by atoms with Crippen LogP contribution in [0.2, 0.25) is 0 Å². The summed E-state index contributed by atoms with van der Waals surface area (Å²) in [4.78, 5) is 25.4. The number of hydrogen-bond donors (Lipinski definition) is 2. The molecule has 2 amide bonds. The first kappa shape index (κ1) is 20.6. The first-order valence-electron chi connectivity index (χ1n) is 9.45. The molecule has 9 heteroatoms. The fourth-order valence-electron chi connectivity index (χ4n) is 3.54. The van der Waals surface area contributed by atoms with Crippen molar-refractivity contribution in [1.82, 2.24) is 4.90 Å². The molecule has 3 rings (SSSR count). The van der Waals surface area contributed by atoms with Crippen LogP contribution >= 0.6 is 0 Å². The number of piperidine rings is 1. The van der Waals surface area contributed by atoms with Gasteiger partial charge in [-0.25, -0.2) is 9.00 Å². The highest BCUT2D eigenvalue weighted by Gasteiger charge is 2.32. The third-order valence-electron chi connectivity index (χ3n) is 4.85. The lowest BCUT2D eigenvalue weighted by atomic mass is 10.0. The van der Waals surface area contributed by atoms with E-state index in [9.17, 15) is 18.4 Å². The summed E-state index contributed by atoms with van der Waals surface area (Å²) in [5.41, 5.74) is 1.80. The number of aryl methyl sites for hydroxylation is 1. The number of nitrogens with one attached hydrogen (secondary N) is 1. The minimum absolute atomic E-state index is 0.0163. The van der Waals surface area contributed by atoms with E-state index in [0.29, 0.717) is 44.5 Å². The Bertz CT molecular complexity index is 784. The van der Waals surface area contributed by atoms with E-state index in [1.807, 2.05) is 26.8 Å². The number of amides is 2. The van der Waals surface area contributed by atoms with Crippen molar-refractivity contribution in [3.05, 3.63) is 23.8 Å². The SMILES string of the molecule is CC(C)(C)OC(=O)N1CCC(N(c2ccc3c(c2)CCC(=O)N3)S(=O)O)CC1. The second-order valence-corrected chi connectivity index (χ2v) is 9.00. The topological polar surface area (TPSA) is 99.2 Å². The van der Waals surface area contributed by atoms with Crippen LogP contribution in [0.25, 0.3) is 0 Å². The number of hydrogen-bond acceptors (Lipinski definition) is 4. The smallest absolute Gasteiger partial charge is 0.410 e. The van der Waals surface area contributed by atoms with Gasteiger partial charge in [0.05, 0.1) is 5.69 Å². The van der Waals surface area contributed by atoms with E-state index in [4.69, 9.17) is 4.74 Å². The quantitative estimate of drug-likeness (QED) is 0.748. The molecule has 0 bridgehead atoms. The molecule has 2 heterocycles. The van der Waals surface area contributed by atoms with E-state index >= 15 is 0 Å². The Hall–Kier alpha value is -2.13. The summed E-state index contributed by atoms with van der Waals surface area (Å²) in [6, 6.07) is 5.22. The van der Waals surface area contributed by atoms with Crippen molar-refractivity contribution in [2.45, 2.75) is 58.1 Å². The summed E-state index contributed by atoms with van der Waals surface area (Å²) in [7, 11) is 0. The Kier molecular flexibility index (Phi) is 5.95. The molecule has 0 saturated carbocycles. The third-order valence-corrected chi connectivity index (χ3v) is 5.70. The van der Waals surface area contributed by atoms with E-state index in [-0.39, 0.29) is 18.0 Å². The minimum Gasteiger partial charge on any atom is -0.444 e. The van der Waals surface area contributed by atoms with E-state index in [1.54, 1.807) is 17.0 Å².